The maximum Gasteiger partial charge on any atom is 0.244 e. The zero-order valence-corrected chi connectivity index (χ0v) is 14.6. The number of nitrogens with one attached hydrogen (secondary N) is 1. The monoisotopic (exact) mass is 339 g/mol. The van der Waals surface area contributed by atoms with Gasteiger partial charge in [0, 0.05) is 11.1 Å². The number of amides is 1. The fraction of sp³-hybridized carbons (Fsp3) is 0.286. The van der Waals surface area contributed by atoms with Crippen molar-refractivity contribution < 1.29 is 4.79 Å². The van der Waals surface area contributed by atoms with Crippen LogP contribution in [0.5, 0.6) is 0 Å². The summed E-state index contributed by atoms with van der Waals surface area (Å²) in [6.45, 7) is 2.03. The van der Waals surface area contributed by atoms with Crippen molar-refractivity contribution in [3.8, 4) is 0 Å². The van der Waals surface area contributed by atoms with E-state index in [1.807, 2.05) is 31.2 Å². The lowest BCUT2D eigenvalue weighted by atomic mass is 9.89. The van der Waals surface area contributed by atoms with Crippen LogP contribution in [0.25, 0.3) is 6.08 Å². The number of hydrogen-bond donors (Lipinski definition) is 1. The van der Waals surface area contributed by atoms with Crippen molar-refractivity contribution in [2.75, 3.05) is 0 Å². The van der Waals surface area contributed by atoms with Crippen molar-refractivity contribution in [1.82, 2.24) is 5.32 Å². The van der Waals surface area contributed by atoms with Crippen LogP contribution in [0.3, 0.4) is 0 Å². The average Bonchev–Trinajstić information content (AvgIpc) is 2.61. The minimum atomic E-state index is -0.0878. The standard InChI is InChI=1S/C21H22ClNO/c1-15(18-10-9-17-4-2-3-5-19(17)14-18)23-21(24)13-8-16-6-11-20(22)12-7-16/h6-15H,2-5H2,1H3,(H,23,24)/b13-8+. The third kappa shape index (κ3) is 4.27. The minimum Gasteiger partial charge on any atom is -0.346 e. The average molecular weight is 340 g/mol. The summed E-state index contributed by atoms with van der Waals surface area (Å²) in [5, 5.41) is 3.73. The van der Waals surface area contributed by atoms with Crippen LogP contribution in [0.4, 0.5) is 0 Å². The van der Waals surface area contributed by atoms with Crippen LogP contribution >= 0.6 is 11.6 Å². The molecule has 1 N–H and O–H groups in total. The number of halogens is 1. The molecule has 0 saturated heterocycles. The van der Waals surface area contributed by atoms with E-state index >= 15 is 0 Å². The van der Waals surface area contributed by atoms with Crippen molar-refractivity contribution in [2.24, 2.45) is 0 Å². The highest BCUT2D eigenvalue weighted by Gasteiger charge is 2.13. The van der Waals surface area contributed by atoms with E-state index in [4.69, 9.17) is 11.6 Å². The molecule has 3 heteroatoms. The molecule has 1 amide bonds. The normalized spacial score (nSPS) is 15.1. The van der Waals surface area contributed by atoms with Crippen molar-refractivity contribution in [3.63, 3.8) is 0 Å². The Morgan fingerprint density at radius 1 is 1.08 bits per heavy atom. The summed E-state index contributed by atoms with van der Waals surface area (Å²) in [6, 6.07) is 14.0. The first-order chi connectivity index (χ1) is 11.6. The minimum absolute atomic E-state index is 0.000376. The maximum atomic E-state index is 12.1. The van der Waals surface area contributed by atoms with Crippen molar-refractivity contribution >= 4 is 23.6 Å². The third-order valence-corrected chi connectivity index (χ3v) is 4.78. The lowest BCUT2D eigenvalue weighted by Crippen LogP contribution is -2.24. The van der Waals surface area contributed by atoms with Crippen LogP contribution in [-0.4, -0.2) is 5.91 Å². The van der Waals surface area contributed by atoms with Gasteiger partial charge in [-0.15, -0.1) is 0 Å². The molecule has 1 unspecified atom stereocenters. The first kappa shape index (κ1) is 16.8. The van der Waals surface area contributed by atoms with Crippen molar-refractivity contribution in [1.29, 1.82) is 0 Å². The molecule has 3 rings (SSSR count). The van der Waals surface area contributed by atoms with Gasteiger partial charge in [0.15, 0.2) is 0 Å². The highest BCUT2D eigenvalue weighted by Crippen LogP contribution is 2.24. The molecule has 2 nitrogen and oxygen atoms in total. The molecular formula is C21H22ClNO. The van der Waals surface area contributed by atoms with Gasteiger partial charge in [-0.25, -0.2) is 0 Å². The second-order valence-corrected chi connectivity index (χ2v) is 6.79. The number of benzene rings is 2. The second kappa shape index (κ2) is 7.67. The molecule has 0 aromatic heterocycles. The Hall–Kier alpha value is -2.06. The zero-order valence-electron chi connectivity index (χ0n) is 13.9. The summed E-state index contributed by atoms with van der Waals surface area (Å²) in [6.07, 6.45) is 8.25. The Bertz CT molecular complexity index is 749. The smallest absolute Gasteiger partial charge is 0.244 e. The van der Waals surface area contributed by atoms with Crippen LogP contribution in [-0.2, 0) is 17.6 Å². The van der Waals surface area contributed by atoms with Crippen LogP contribution in [0.1, 0.15) is 48.1 Å². The summed E-state index contributed by atoms with van der Waals surface area (Å²) in [5.74, 6) is -0.0878. The van der Waals surface area contributed by atoms with Gasteiger partial charge in [0.25, 0.3) is 0 Å². The fourth-order valence-corrected chi connectivity index (χ4v) is 3.24. The van der Waals surface area contributed by atoms with Crippen LogP contribution in [0.15, 0.2) is 48.5 Å². The lowest BCUT2D eigenvalue weighted by Gasteiger charge is -2.19. The SMILES string of the molecule is CC(NC(=O)/C=C/c1ccc(Cl)cc1)c1ccc2c(c1)CCCC2. The summed E-state index contributed by atoms with van der Waals surface area (Å²) in [4.78, 5) is 12.1. The number of aryl methyl sites for hydroxylation is 2. The lowest BCUT2D eigenvalue weighted by molar-refractivity contribution is -0.117. The summed E-state index contributed by atoms with van der Waals surface area (Å²) in [5.41, 5.74) is 5.03. The predicted octanol–water partition coefficient (Wildman–Crippen LogP) is 5.11. The zero-order chi connectivity index (χ0) is 16.9. The topological polar surface area (TPSA) is 29.1 Å². The van der Waals surface area contributed by atoms with Gasteiger partial charge in [-0.05, 0) is 73.1 Å². The quantitative estimate of drug-likeness (QED) is 0.770. The largest absolute Gasteiger partial charge is 0.346 e. The third-order valence-electron chi connectivity index (χ3n) is 4.53. The molecule has 0 heterocycles. The summed E-state index contributed by atoms with van der Waals surface area (Å²) >= 11 is 5.86. The van der Waals surface area contributed by atoms with E-state index in [2.05, 4.69) is 23.5 Å². The number of fused-ring (bicyclic) bond motifs is 1. The molecule has 0 spiro atoms. The molecule has 1 aliphatic rings. The first-order valence-electron chi connectivity index (χ1n) is 8.47. The molecule has 1 aliphatic carbocycles. The van der Waals surface area contributed by atoms with Crippen molar-refractivity contribution in [3.05, 3.63) is 75.8 Å². The predicted molar refractivity (Wildman–Crippen MR) is 100 cm³/mol. The Kier molecular flexibility index (Phi) is 5.37. The highest BCUT2D eigenvalue weighted by atomic mass is 35.5. The maximum absolute atomic E-state index is 12.1. The van der Waals surface area contributed by atoms with E-state index in [-0.39, 0.29) is 11.9 Å². The fourth-order valence-electron chi connectivity index (χ4n) is 3.11. The van der Waals surface area contributed by atoms with E-state index < -0.39 is 0 Å². The molecule has 1 atom stereocenters. The molecule has 0 radical (unpaired) electrons. The van der Waals surface area contributed by atoms with Crippen LogP contribution in [0.2, 0.25) is 5.02 Å². The summed E-state index contributed by atoms with van der Waals surface area (Å²) in [7, 11) is 0. The molecule has 24 heavy (non-hydrogen) atoms. The Balaban J connectivity index is 1.62. The Morgan fingerprint density at radius 2 is 1.79 bits per heavy atom. The molecule has 0 fully saturated rings. The molecule has 2 aromatic rings. The van der Waals surface area contributed by atoms with E-state index in [1.54, 1.807) is 12.2 Å². The Morgan fingerprint density at radius 3 is 2.54 bits per heavy atom. The number of carbonyl (C=O) groups excluding carboxylic acids is 1. The van der Waals surface area contributed by atoms with E-state index in [9.17, 15) is 4.79 Å². The van der Waals surface area contributed by atoms with E-state index in [0.29, 0.717) is 5.02 Å². The van der Waals surface area contributed by atoms with Gasteiger partial charge >= 0.3 is 0 Å². The Labute approximate surface area is 148 Å². The molecule has 124 valence electrons. The van der Waals surface area contributed by atoms with Gasteiger partial charge in [0.2, 0.25) is 5.91 Å². The first-order valence-corrected chi connectivity index (χ1v) is 8.85. The van der Waals surface area contributed by atoms with Crippen LogP contribution in [0, 0.1) is 0 Å². The van der Waals surface area contributed by atoms with Crippen molar-refractivity contribution in [2.45, 2.75) is 38.6 Å². The number of rotatable bonds is 4. The molecule has 2 aromatic carbocycles. The van der Waals surface area contributed by atoms with Gasteiger partial charge in [0.1, 0.15) is 0 Å². The van der Waals surface area contributed by atoms with E-state index in [1.165, 1.54) is 36.0 Å². The number of carbonyl (C=O) groups is 1. The van der Waals surface area contributed by atoms with Gasteiger partial charge < -0.3 is 5.32 Å². The molecule has 0 aliphatic heterocycles. The molecular weight excluding hydrogens is 318 g/mol. The summed E-state index contributed by atoms with van der Waals surface area (Å²) < 4.78 is 0. The van der Waals surface area contributed by atoms with Gasteiger partial charge in [-0.2, -0.15) is 0 Å². The molecule has 0 saturated carbocycles. The van der Waals surface area contributed by atoms with E-state index in [0.717, 1.165) is 12.0 Å². The molecule has 0 bridgehead atoms. The van der Waals surface area contributed by atoms with Gasteiger partial charge in [-0.1, -0.05) is 41.9 Å². The van der Waals surface area contributed by atoms with Crippen LogP contribution < -0.4 is 5.32 Å². The van der Waals surface area contributed by atoms with Gasteiger partial charge in [0.05, 0.1) is 6.04 Å². The number of hydrogen-bond acceptors (Lipinski definition) is 1. The second-order valence-electron chi connectivity index (χ2n) is 6.35. The van der Waals surface area contributed by atoms with Gasteiger partial charge in [-0.3, -0.25) is 4.79 Å². The highest BCUT2D eigenvalue weighted by molar-refractivity contribution is 6.30.